The fraction of sp³-hybridized carbons (Fsp3) is 0.700. The molecule has 0 aliphatic heterocycles. The predicted molar refractivity (Wildman–Crippen MR) is 53.4 cm³/mol. The molecule has 15 heavy (non-hydrogen) atoms. The molecule has 0 amide bonds. The minimum atomic E-state index is -0.555. The molecule has 5 heteroatoms. The summed E-state index contributed by atoms with van der Waals surface area (Å²) in [5.41, 5.74) is 0. The zero-order valence-corrected chi connectivity index (χ0v) is 9.32. The van der Waals surface area contributed by atoms with E-state index in [9.17, 15) is 4.79 Å². The van der Waals surface area contributed by atoms with Gasteiger partial charge in [-0.25, -0.2) is 4.79 Å². The lowest BCUT2D eigenvalue weighted by molar-refractivity contribution is 0.0478. The normalized spacial score (nSPS) is 10.7. The highest BCUT2D eigenvalue weighted by atomic mass is 16.5. The van der Waals surface area contributed by atoms with E-state index in [1.54, 1.807) is 6.92 Å². The third-order valence-electron chi connectivity index (χ3n) is 1.85. The van der Waals surface area contributed by atoms with Crippen LogP contribution < -0.4 is 0 Å². The van der Waals surface area contributed by atoms with E-state index in [0.29, 0.717) is 24.8 Å². The van der Waals surface area contributed by atoms with Crippen molar-refractivity contribution >= 4 is 5.97 Å². The Hall–Kier alpha value is -1.39. The van der Waals surface area contributed by atoms with Crippen molar-refractivity contribution in [1.29, 1.82) is 0 Å². The van der Waals surface area contributed by atoms with Gasteiger partial charge >= 0.3 is 11.9 Å². The van der Waals surface area contributed by atoms with E-state index < -0.39 is 5.97 Å². The van der Waals surface area contributed by atoms with E-state index in [2.05, 4.69) is 24.0 Å². The molecule has 0 aliphatic carbocycles. The smallest absolute Gasteiger partial charge is 0.396 e. The quantitative estimate of drug-likeness (QED) is 0.697. The average molecular weight is 212 g/mol. The lowest BCUT2D eigenvalue weighted by Gasteiger charge is -1.99. The van der Waals surface area contributed by atoms with E-state index in [4.69, 9.17) is 9.15 Å². The molecule has 0 fully saturated rings. The number of ether oxygens (including phenoxy) is 1. The van der Waals surface area contributed by atoms with E-state index in [0.717, 1.165) is 6.42 Å². The van der Waals surface area contributed by atoms with Crippen LogP contribution in [0.1, 0.15) is 43.8 Å². The minimum Gasteiger partial charge on any atom is -0.459 e. The van der Waals surface area contributed by atoms with Crippen molar-refractivity contribution in [3.63, 3.8) is 0 Å². The molecule has 0 spiro atoms. The SMILES string of the molecule is CCOC(=O)c1nnc(CCC(C)C)o1. The molecule has 1 aromatic rings. The summed E-state index contributed by atoms with van der Waals surface area (Å²) < 4.78 is 9.88. The van der Waals surface area contributed by atoms with Crippen LogP contribution in [0.15, 0.2) is 4.42 Å². The molecule has 0 unspecified atom stereocenters. The molecular formula is C10H16N2O3. The second-order valence-electron chi connectivity index (χ2n) is 3.65. The van der Waals surface area contributed by atoms with Gasteiger partial charge in [-0.3, -0.25) is 0 Å². The maximum atomic E-state index is 11.2. The van der Waals surface area contributed by atoms with E-state index >= 15 is 0 Å². The summed E-state index contributed by atoms with van der Waals surface area (Å²) in [6, 6.07) is 0. The molecule has 1 heterocycles. The Balaban J connectivity index is 2.52. The number of hydrogen-bond acceptors (Lipinski definition) is 5. The number of aryl methyl sites for hydroxylation is 1. The highest BCUT2D eigenvalue weighted by Crippen LogP contribution is 2.08. The molecule has 0 N–H and O–H groups in total. The number of esters is 1. The number of aromatic nitrogens is 2. The molecule has 0 saturated heterocycles. The van der Waals surface area contributed by atoms with Crippen LogP contribution >= 0.6 is 0 Å². The van der Waals surface area contributed by atoms with Crippen molar-refractivity contribution in [1.82, 2.24) is 10.2 Å². The third kappa shape index (κ3) is 3.69. The molecule has 0 aliphatic rings. The number of nitrogens with zero attached hydrogens (tertiary/aromatic N) is 2. The molecule has 84 valence electrons. The van der Waals surface area contributed by atoms with Crippen LogP contribution in [0.4, 0.5) is 0 Å². The minimum absolute atomic E-state index is 0.0596. The lowest BCUT2D eigenvalue weighted by atomic mass is 10.1. The fourth-order valence-electron chi connectivity index (χ4n) is 1.04. The second-order valence-corrected chi connectivity index (χ2v) is 3.65. The van der Waals surface area contributed by atoms with Gasteiger partial charge in [0, 0.05) is 6.42 Å². The van der Waals surface area contributed by atoms with Crippen LogP contribution in [0.25, 0.3) is 0 Å². The molecule has 0 saturated carbocycles. The summed E-state index contributed by atoms with van der Waals surface area (Å²) in [4.78, 5) is 11.2. The highest BCUT2D eigenvalue weighted by Gasteiger charge is 2.15. The van der Waals surface area contributed by atoms with Crippen molar-refractivity contribution in [2.45, 2.75) is 33.6 Å². The third-order valence-corrected chi connectivity index (χ3v) is 1.85. The van der Waals surface area contributed by atoms with Gasteiger partial charge in [-0.2, -0.15) is 0 Å². The van der Waals surface area contributed by atoms with E-state index in [1.807, 2.05) is 0 Å². The van der Waals surface area contributed by atoms with Gasteiger partial charge in [0.2, 0.25) is 5.89 Å². The zero-order chi connectivity index (χ0) is 11.3. The highest BCUT2D eigenvalue weighted by molar-refractivity contribution is 5.83. The van der Waals surface area contributed by atoms with Crippen LogP contribution in [-0.4, -0.2) is 22.8 Å². The largest absolute Gasteiger partial charge is 0.459 e. The Kier molecular flexibility index (Phi) is 4.27. The van der Waals surface area contributed by atoms with Crippen molar-refractivity contribution in [2.75, 3.05) is 6.61 Å². The molecule has 5 nitrogen and oxygen atoms in total. The van der Waals surface area contributed by atoms with Crippen LogP contribution in [0.5, 0.6) is 0 Å². The van der Waals surface area contributed by atoms with Crippen LogP contribution in [0, 0.1) is 5.92 Å². The Morgan fingerprint density at radius 3 is 2.80 bits per heavy atom. The van der Waals surface area contributed by atoms with Gasteiger partial charge < -0.3 is 9.15 Å². The Morgan fingerprint density at radius 1 is 1.47 bits per heavy atom. The Bertz CT molecular complexity index is 320. The van der Waals surface area contributed by atoms with Gasteiger partial charge in [0.15, 0.2) is 0 Å². The average Bonchev–Trinajstić information content (AvgIpc) is 2.63. The van der Waals surface area contributed by atoms with Gasteiger partial charge in [0.05, 0.1) is 6.61 Å². The first-order valence-corrected chi connectivity index (χ1v) is 5.13. The summed E-state index contributed by atoms with van der Waals surface area (Å²) in [7, 11) is 0. The standard InChI is InChI=1S/C10H16N2O3/c1-4-14-10(13)9-12-11-8(15-9)6-5-7(2)3/h7H,4-6H2,1-3H3. The zero-order valence-electron chi connectivity index (χ0n) is 9.32. The number of rotatable bonds is 5. The maximum absolute atomic E-state index is 11.2. The van der Waals surface area contributed by atoms with E-state index in [-0.39, 0.29) is 5.89 Å². The summed E-state index contributed by atoms with van der Waals surface area (Å²) in [6.07, 6.45) is 1.66. The lowest BCUT2D eigenvalue weighted by Crippen LogP contribution is -2.04. The molecular weight excluding hydrogens is 196 g/mol. The molecule has 0 atom stereocenters. The van der Waals surface area contributed by atoms with Crippen molar-refractivity contribution in [3.8, 4) is 0 Å². The number of hydrogen-bond donors (Lipinski definition) is 0. The maximum Gasteiger partial charge on any atom is 0.396 e. The first-order valence-electron chi connectivity index (χ1n) is 5.13. The summed E-state index contributed by atoms with van der Waals surface area (Å²) >= 11 is 0. The van der Waals surface area contributed by atoms with Crippen LogP contribution in [-0.2, 0) is 11.2 Å². The fourth-order valence-corrected chi connectivity index (χ4v) is 1.04. The van der Waals surface area contributed by atoms with Gasteiger partial charge in [-0.1, -0.05) is 13.8 Å². The predicted octanol–water partition coefficient (Wildman–Crippen LogP) is 1.83. The summed E-state index contributed by atoms with van der Waals surface area (Å²) in [5, 5.41) is 7.40. The summed E-state index contributed by atoms with van der Waals surface area (Å²) in [6.45, 7) is 6.27. The molecule has 0 bridgehead atoms. The Labute approximate surface area is 88.8 Å². The first kappa shape index (κ1) is 11.7. The van der Waals surface area contributed by atoms with Crippen molar-refractivity contribution < 1.29 is 13.9 Å². The molecule has 1 aromatic heterocycles. The van der Waals surface area contributed by atoms with Gasteiger partial charge in [-0.15, -0.1) is 10.2 Å². The first-order chi connectivity index (χ1) is 7.13. The van der Waals surface area contributed by atoms with E-state index in [1.165, 1.54) is 0 Å². The van der Waals surface area contributed by atoms with Crippen molar-refractivity contribution in [3.05, 3.63) is 11.8 Å². The monoisotopic (exact) mass is 212 g/mol. The van der Waals surface area contributed by atoms with Crippen LogP contribution in [0.3, 0.4) is 0 Å². The molecule has 1 rings (SSSR count). The van der Waals surface area contributed by atoms with Gasteiger partial charge in [0.1, 0.15) is 0 Å². The summed E-state index contributed by atoms with van der Waals surface area (Å²) in [5.74, 6) is 0.450. The Morgan fingerprint density at radius 2 is 2.20 bits per heavy atom. The van der Waals surface area contributed by atoms with Crippen molar-refractivity contribution in [2.24, 2.45) is 5.92 Å². The number of carbonyl (C=O) groups is 1. The molecule has 0 aromatic carbocycles. The topological polar surface area (TPSA) is 65.2 Å². The molecule has 0 radical (unpaired) electrons. The number of carbonyl (C=O) groups excluding carboxylic acids is 1. The van der Waals surface area contributed by atoms with Crippen LogP contribution in [0.2, 0.25) is 0 Å². The van der Waals surface area contributed by atoms with Gasteiger partial charge in [0.25, 0.3) is 0 Å². The van der Waals surface area contributed by atoms with Gasteiger partial charge in [-0.05, 0) is 19.3 Å². The second kappa shape index (κ2) is 5.48.